The lowest BCUT2D eigenvalue weighted by Crippen LogP contribution is -2.11. The van der Waals surface area contributed by atoms with Gasteiger partial charge in [-0.05, 0) is 81.4 Å². The average Bonchev–Trinajstić information content (AvgIpc) is 3.80. The number of nitrogens with one attached hydrogen (secondary N) is 2. The zero-order chi connectivity index (χ0) is 38.9. The summed E-state index contributed by atoms with van der Waals surface area (Å²) in [5.74, 6) is 1.26. The van der Waals surface area contributed by atoms with Gasteiger partial charge in [-0.2, -0.15) is 16.8 Å². The van der Waals surface area contributed by atoms with Gasteiger partial charge in [-0.3, -0.25) is 9.11 Å². The van der Waals surface area contributed by atoms with Gasteiger partial charge in [0.25, 0.3) is 26.3 Å². The molecule has 0 bridgehead atoms. The lowest BCUT2D eigenvalue weighted by molar-refractivity contribution is 0.306. The number of benzene rings is 4. The monoisotopic (exact) mass is 810 g/mol. The minimum Gasteiger partial charge on any atom is -0.485 e. The highest BCUT2D eigenvalue weighted by atomic mass is 35.5. The largest absolute Gasteiger partial charge is 0.485 e. The van der Waals surface area contributed by atoms with Crippen LogP contribution in [0.3, 0.4) is 0 Å². The number of aromatic nitrogens is 3. The van der Waals surface area contributed by atoms with Gasteiger partial charge in [-0.25, -0.2) is 19.9 Å². The molecule has 0 fully saturated rings. The van der Waals surface area contributed by atoms with Crippen molar-refractivity contribution in [3.05, 3.63) is 124 Å². The molecule has 1 aliphatic rings. The van der Waals surface area contributed by atoms with Crippen molar-refractivity contribution < 1.29 is 35.4 Å². The average molecular weight is 811 g/mol. The lowest BCUT2D eigenvalue weighted by Gasteiger charge is -2.12. The van der Waals surface area contributed by atoms with E-state index in [0.717, 1.165) is 38.4 Å². The third kappa shape index (κ3) is 11.7. The number of fused-ring (bicyclic) bond motifs is 1. The summed E-state index contributed by atoms with van der Waals surface area (Å²) in [6.07, 6.45) is 3.27. The van der Waals surface area contributed by atoms with Gasteiger partial charge in [0, 0.05) is 28.3 Å². The fourth-order valence-corrected chi connectivity index (χ4v) is 6.34. The molecule has 2 aromatic heterocycles. The van der Waals surface area contributed by atoms with E-state index in [4.69, 9.17) is 30.2 Å². The Bertz CT molecular complexity index is 2380. The van der Waals surface area contributed by atoms with Crippen LogP contribution in [0.4, 0.5) is 17.2 Å². The molecule has 4 aromatic carbocycles. The van der Waals surface area contributed by atoms with Crippen LogP contribution in [0.25, 0.3) is 10.9 Å². The van der Waals surface area contributed by atoms with Crippen LogP contribution in [0, 0.1) is 13.8 Å². The Labute approximate surface area is 321 Å². The fraction of sp³-hybridized carbons (Fsp3) is 0.167. The van der Waals surface area contributed by atoms with Gasteiger partial charge in [0.1, 0.15) is 36.1 Å². The van der Waals surface area contributed by atoms with Crippen molar-refractivity contribution >= 4 is 77.3 Å². The summed E-state index contributed by atoms with van der Waals surface area (Å²) in [7, 11) is -8.04. The number of aryl methyl sites for hydroxylation is 2. The topological polar surface area (TPSA) is 202 Å². The highest BCUT2D eigenvalue weighted by Crippen LogP contribution is 2.32. The van der Waals surface area contributed by atoms with E-state index in [1.165, 1.54) is 41.9 Å². The summed E-state index contributed by atoms with van der Waals surface area (Å²) >= 11 is 7.97. The molecule has 7 rings (SSSR count). The van der Waals surface area contributed by atoms with Crippen LogP contribution in [0.2, 0.25) is 5.02 Å². The maximum absolute atomic E-state index is 10.5. The minimum absolute atomic E-state index is 0.0666. The Morgan fingerprint density at radius 1 is 0.833 bits per heavy atom. The van der Waals surface area contributed by atoms with Gasteiger partial charge in [-0.15, -0.1) is 11.3 Å². The smallest absolute Gasteiger partial charge is 0.294 e. The van der Waals surface area contributed by atoms with Crippen LogP contribution in [0.1, 0.15) is 23.1 Å². The standard InChI is InChI=1S/C22H19ClN6O2S.2C7H8O3S/c1-13-10-31-22(27-13)29-14-2-4-18-16(8-14)21(26-12-25-18)28-15-3-5-19(17(23)9-15)30-11-20-24-6-7-32-20;2*1-6-2-4-7(5-3-6)11(8,9)10/h2-9,12-13H,10-11H2,1H3,(H,27,29)(H,25,26,28);2*2-5H,1H3,(H,8,9,10)/t13-;;/m1../s1. The number of hydrogen-bond acceptors (Lipinski definition) is 13. The van der Waals surface area contributed by atoms with Crippen LogP contribution in [0.15, 0.2) is 118 Å². The number of hydrogen-bond donors (Lipinski definition) is 4. The number of aliphatic imine (C=N–C) groups is 1. The Balaban J connectivity index is 0.000000208. The summed E-state index contributed by atoms with van der Waals surface area (Å²) in [5, 5.41) is 10.7. The first-order chi connectivity index (χ1) is 25.6. The van der Waals surface area contributed by atoms with Crippen LogP contribution < -0.4 is 15.4 Å². The quantitative estimate of drug-likeness (QED) is 0.109. The highest BCUT2D eigenvalue weighted by Gasteiger charge is 2.15. The second-order valence-corrected chi connectivity index (χ2v) is 16.0. The van der Waals surface area contributed by atoms with Gasteiger partial charge in [0.15, 0.2) is 0 Å². The van der Waals surface area contributed by atoms with Crippen molar-refractivity contribution in [3.63, 3.8) is 0 Å². The van der Waals surface area contributed by atoms with Gasteiger partial charge >= 0.3 is 0 Å². The highest BCUT2D eigenvalue weighted by molar-refractivity contribution is 7.86. The van der Waals surface area contributed by atoms with Crippen LogP contribution in [0.5, 0.6) is 5.75 Å². The molecule has 18 heteroatoms. The molecule has 0 saturated carbocycles. The number of anilines is 3. The Morgan fingerprint density at radius 3 is 1.98 bits per heavy atom. The summed E-state index contributed by atoms with van der Waals surface area (Å²) < 4.78 is 70.4. The van der Waals surface area contributed by atoms with Crippen LogP contribution in [-0.4, -0.2) is 59.6 Å². The first kappa shape index (κ1) is 40.0. The molecule has 0 radical (unpaired) electrons. The van der Waals surface area contributed by atoms with E-state index in [0.29, 0.717) is 35.8 Å². The number of amidine groups is 1. The van der Waals surface area contributed by atoms with Crippen molar-refractivity contribution in [1.82, 2.24) is 15.0 Å². The molecule has 1 atom stereocenters. The van der Waals surface area contributed by atoms with E-state index < -0.39 is 20.2 Å². The summed E-state index contributed by atoms with van der Waals surface area (Å²) in [6.45, 7) is 6.65. The number of nitrogens with zero attached hydrogens (tertiary/aromatic N) is 4. The number of ether oxygens (including phenoxy) is 2. The molecule has 0 aliphatic carbocycles. The zero-order valence-electron chi connectivity index (χ0n) is 29.0. The molecule has 1 aliphatic heterocycles. The predicted octanol–water partition coefficient (Wildman–Crippen LogP) is 7.73. The van der Waals surface area contributed by atoms with Crippen molar-refractivity contribution in [2.45, 2.75) is 43.2 Å². The SMILES string of the molecule is C[C@@H]1COC(Nc2ccc3ncnc(Nc4ccc(OCc5nccs5)c(Cl)c4)c3c2)=N1.Cc1ccc(S(=O)(=O)O)cc1.Cc1ccc(S(=O)(=O)O)cc1. The minimum atomic E-state index is -4.02. The summed E-state index contributed by atoms with van der Waals surface area (Å²) in [6, 6.07) is 24.0. The third-order valence-electron chi connectivity index (χ3n) is 7.35. The van der Waals surface area contributed by atoms with E-state index in [1.54, 1.807) is 36.5 Å². The zero-order valence-corrected chi connectivity index (χ0v) is 32.2. The molecular formula is C36H35ClN6O8S3. The van der Waals surface area contributed by atoms with Crippen molar-refractivity contribution in [2.24, 2.45) is 4.99 Å². The molecule has 14 nitrogen and oxygen atoms in total. The molecule has 0 saturated heterocycles. The van der Waals surface area contributed by atoms with E-state index in [2.05, 4.69) is 30.6 Å². The van der Waals surface area contributed by atoms with E-state index in [1.807, 2.05) is 56.5 Å². The molecule has 54 heavy (non-hydrogen) atoms. The summed E-state index contributed by atoms with van der Waals surface area (Å²) in [4.78, 5) is 17.3. The number of halogens is 1. The van der Waals surface area contributed by atoms with Crippen molar-refractivity contribution in [1.29, 1.82) is 0 Å². The van der Waals surface area contributed by atoms with E-state index >= 15 is 0 Å². The normalized spacial score (nSPS) is 13.7. The Morgan fingerprint density at radius 2 is 1.44 bits per heavy atom. The molecule has 6 aromatic rings. The molecular weight excluding hydrogens is 776 g/mol. The molecule has 4 N–H and O–H groups in total. The molecule has 282 valence electrons. The summed E-state index contributed by atoms with van der Waals surface area (Å²) in [5.41, 5.74) is 4.35. The molecule has 3 heterocycles. The number of rotatable bonds is 8. The maximum Gasteiger partial charge on any atom is 0.294 e. The first-order valence-electron chi connectivity index (χ1n) is 16.0. The van der Waals surface area contributed by atoms with Gasteiger partial charge < -0.3 is 20.1 Å². The third-order valence-corrected chi connectivity index (χ3v) is 10.1. The van der Waals surface area contributed by atoms with Gasteiger partial charge in [0.05, 0.1) is 26.4 Å². The fourth-order valence-electron chi connectivity index (χ4n) is 4.62. The Kier molecular flexibility index (Phi) is 13.2. The second-order valence-electron chi connectivity index (χ2n) is 11.7. The Hall–Kier alpha value is -5.17. The van der Waals surface area contributed by atoms with Crippen LogP contribution >= 0.6 is 22.9 Å². The van der Waals surface area contributed by atoms with Crippen molar-refractivity contribution in [2.75, 3.05) is 17.2 Å². The van der Waals surface area contributed by atoms with Gasteiger partial charge in [-0.1, -0.05) is 47.0 Å². The molecule has 0 spiro atoms. The maximum atomic E-state index is 10.5. The lowest BCUT2D eigenvalue weighted by atomic mass is 10.2. The van der Waals surface area contributed by atoms with Crippen molar-refractivity contribution in [3.8, 4) is 5.75 Å². The van der Waals surface area contributed by atoms with E-state index in [-0.39, 0.29) is 15.8 Å². The second kappa shape index (κ2) is 17.8. The number of thiazole rings is 1. The van der Waals surface area contributed by atoms with Crippen LogP contribution in [-0.2, 0) is 31.6 Å². The molecule has 0 amide bonds. The molecule has 0 unspecified atom stereocenters. The first-order valence-corrected chi connectivity index (χ1v) is 20.2. The van der Waals surface area contributed by atoms with Gasteiger partial charge in [0.2, 0.25) is 0 Å². The van der Waals surface area contributed by atoms with E-state index in [9.17, 15) is 16.8 Å². The predicted molar refractivity (Wildman–Crippen MR) is 209 cm³/mol.